The van der Waals surface area contributed by atoms with Gasteiger partial charge in [0.25, 0.3) is 0 Å². The van der Waals surface area contributed by atoms with Crippen molar-refractivity contribution in [1.29, 1.82) is 0 Å². The molecule has 0 amide bonds. The topological polar surface area (TPSA) is 50.1 Å². The molecule has 2 rings (SSSR count). The van der Waals surface area contributed by atoms with Gasteiger partial charge in [0.05, 0.1) is 0 Å². The molecular weight excluding hydrogens is 198 g/mol. The van der Waals surface area contributed by atoms with E-state index in [1.165, 1.54) is 5.56 Å². The second-order valence-corrected chi connectivity index (χ2v) is 5.00. The third-order valence-corrected chi connectivity index (χ3v) is 3.48. The normalized spacial score (nSPS) is 29.9. The zero-order valence-corrected chi connectivity index (χ0v) is 10.2. The molecule has 4 N–H and O–H groups in total. The summed E-state index contributed by atoms with van der Waals surface area (Å²) in [6.45, 7) is 6.68. The van der Waals surface area contributed by atoms with Crippen molar-refractivity contribution in [3.63, 3.8) is 0 Å². The first-order valence-electron chi connectivity index (χ1n) is 5.96. The number of hydrogen-bond acceptors (Lipinski definition) is 3. The van der Waals surface area contributed by atoms with Gasteiger partial charge in [-0.1, -0.05) is 32.0 Å². The lowest BCUT2D eigenvalue weighted by Gasteiger charge is -2.25. The van der Waals surface area contributed by atoms with E-state index in [1.807, 2.05) is 12.1 Å². The van der Waals surface area contributed by atoms with Crippen LogP contribution in [-0.4, -0.2) is 12.1 Å². The minimum Gasteiger partial charge on any atom is -0.398 e. The summed E-state index contributed by atoms with van der Waals surface area (Å²) in [6.07, 6.45) is 0. The summed E-state index contributed by atoms with van der Waals surface area (Å²) in [5.74, 6) is 1.03. The van der Waals surface area contributed by atoms with Crippen LogP contribution >= 0.6 is 0 Å². The Labute approximate surface area is 97.4 Å². The predicted molar refractivity (Wildman–Crippen MR) is 68.0 cm³/mol. The average Bonchev–Trinajstić information content (AvgIpc) is 2.61. The fourth-order valence-electron chi connectivity index (χ4n) is 2.58. The summed E-state index contributed by atoms with van der Waals surface area (Å²) in [5.41, 5.74) is 14.9. The molecule has 1 heterocycles. The van der Waals surface area contributed by atoms with Gasteiger partial charge in [-0.3, -0.25) is 10.9 Å². The maximum absolute atomic E-state index is 6.07. The largest absolute Gasteiger partial charge is 0.398 e. The predicted octanol–water partition coefficient (Wildman–Crippen LogP) is 1.87. The molecule has 0 spiro atoms. The van der Waals surface area contributed by atoms with Gasteiger partial charge in [-0.25, -0.2) is 0 Å². The van der Waals surface area contributed by atoms with Crippen LogP contribution in [0.1, 0.15) is 32.3 Å². The number of anilines is 1. The van der Waals surface area contributed by atoms with Gasteiger partial charge >= 0.3 is 0 Å². The van der Waals surface area contributed by atoms with Gasteiger partial charge in [-0.15, -0.1) is 0 Å². The monoisotopic (exact) mass is 219 g/mol. The van der Waals surface area contributed by atoms with Gasteiger partial charge in [0.15, 0.2) is 0 Å². The lowest BCUT2D eigenvalue weighted by atomic mass is 9.82. The number of nitrogens with two attached hydrogens (primary N) is 1. The van der Waals surface area contributed by atoms with Crippen LogP contribution in [0.25, 0.3) is 0 Å². The molecule has 0 radical (unpaired) electrons. The maximum atomic E-state index is 6.07. The minimum atomic E-state index is 0.414. The van der Waals surface area contributed by atoms with Crippen LogP contribution in [0.15, 0.2) is 24.3 Å². The number of rotatable bonds is 2. The minimum absolute atomic E-state index is 0.414. The quantitative estimate of drug-likeness (QED) is 0.666. The van der Waals surface area contributed by atoms with Gasteiger partial charge in [0.2, 0.25) is 0 Å². The molecule has 1 aromatic carbocycles. The Morgan fingerprint density at radius 2 is 1.88 bits per heavy atom. The van der Waals surface area contributed by atoms with Gasteiger partial charge in [-0.2, -0.15) is 0 Å². The van der Waals surface area contributed by atoms with E-state index in [1.54, 1.807) is 0 Å². The lowest BCUT2D eigenvalue weighted by molar-refractivity contribution is 0.404. The average molecular weight is 219 g/mol. The van der Waals surface area contributed by atoms with Crippen molar-refractivity contribution < 1.29 is 0 Å². The lowest BCUT2D eigenvalue weighted by Crippen LogP contribution is -2.35. The van der Waals surface area contributed by atoms with Crippen LogP contribution in [0, 0.1) is 5.92 Å². The molecule has 1 aromatic rings. The molecule has 16 heavy (non-hydrogen) atoms. The van der Waals surface area contributed by atoms with E-state index in [2.05, 4.69) is 43.8 Å². The molecule has 1 saturated heterocycles. The Bertz CT molecular complexity index is 362. The molecule has 0 bridgehead atoms. The first-order chi connectivity index (χ1) is 7.61. The van der Waals surface area contributed by atoms with Crippen LogP contribution in [-0.2, 0) is 0 Å². The molecule has 88 valence electrons. The summed E-state index contributed by atoms with van der Waals surface area (Å²) in [6, 6.07) is 9.03. The molecule has 0 saturated carbocycles. The summed E-state index contributed by atoms with van der Waals surface area (Å²) >= 11 is 0. The summed E-state index contributed by atoms with van der Waals surface area (Å²) < 4.78 is 0. The Morgan fingerprint density at radius 1 is 1.19 bits per heavy atom. The van der Waals surface area contributed by atoms with Crippen molar-refractivity contribution >= 4 is 5.69 Å². The highest BCUT2D eigenvalue weighted by atomic mass is 15.4. The van der Waals surface area contributed by atoms with Crippen LogP contribution < -0.4 is 16.6 Å². The maximum Gasteiger partial charge on any atom is 0.0350 e. The van der Waals surface area contributed by atoms with Crippen LogP contribution in [0.4, 0.5) is 5.69 Å². The van der Waals surface area contributed by atoms with Crippen molar-refractivity contribution in [3.05, 3.63) is 29.8 Å². The highest BCUT2D eigenvalue weighted by molar-refractivity contribution is 5.50. The molecule has 1 fully saturated rings. The van der Waals surface area contributed by atoms with E-state index in [0.717, 1.165) is 5.69 Å². The van der Waals surface area contributed by atoms with E-state index in [0.29, 0.717) is 23.9 Å². The Morgan fingerprint density at radius 3 is 2.50 bits per heavy atom. The fraction of sp³-hybridized carbons (Fsp3) is 0.538. The SMILES string of the molecule is CC(C)C1NNC(C)C1c1ccccc1N. The van der Waals surface area contributed by atoms with Gasteiger partial charge in [-0.05, 0) is 24.5 Å². The van der Waals surface area contributed by atoms with E-state index >= 15 is 0 Å². The van der Waals surface area contributed by atoms with Crippen molar-refractivity contribution in [2.75, 3.05) is 5.73 Å². The fourth-order valence-corrected chi connectivity index (χ4v) is 2.58. The van der Waals surface area contributed by atoms with Crippen molar-refractivity contribution in [2.24, 2.45) is 5.92 Å². The molecule has 3 atom stereocenters. The Kier molecular flexibility index (Phi) is 3.17. The van der Waals surface area contributed by atoms with E-state index < -0.39 is 0 Å². The molecule has 0 aromatic heterocycles. The third kappa shape index (κ3) is 1.93. The molecule has 3 heteroatoms. The van der Waals surface area contributed by atoms with E-state index in [4.69, 9.17) is 5.73 Å². The van der Waals surface area contributed by atoms with Crippen molar-refractivity contribution in [1.82, 2.24) is 10.9 Å². The smallest absolute Gasteiger partial charge is 0.0350 e. The Hall–Kier alpha value is -1.06. The number of para-hydroxylation sites is 1. The zero-order chi connectivity index (χ0) is 11.7. The highest BCUT2D eigenvalue weighted by Gasteiger charge is 2.36. The number of hydrazine groups is 1. The van der Waals surface area contributed by atoms with Crippen molar-refractivity contribution in [2.45, 2.75) is 38.8 Å². The number of nitrogen functional groups attached to an aromatic ring is 1. The van der Waals surface area contributed by atoms with Crippen LogP contribution in [0.3, 0.4) is 0 Å². The standard InChI is InChI=1S/C13H21N3/c1-8(2)13-12(9(3)15-16-13)10-6-4-5-7-11(10)14/h4-9,12-13,15-16H,14H2,1-3H3. The van der Waals surface area contributed by atoms with Crippen molar-refractivity contribution in [3.8, 4) is 0 Å². The molecule has 3 unspecified atom stereocenters. The molecule has 0 aliphatic carbocycles. The molecule has 1 aliphatic heterocycles. The summed E-state index contributed by atoms with van der Waals surface area (Å²) in [4.78, 5) is 0. The summed E-state index contributed by atoms with van der Waals surface area (Å²) in [5, 5.41) is 0. The highest BCUT2D eigenvalue weighted by Crippen LogP contribution is 2.33. The van der Waals surface area contributed by atoms with E-state index in [9.17, 15) is 0 Å². The first-order valence-corrected chi connectivity index (χ1v) is 5.96. The summed E-state index contributed by atoms with van der Waals surface area (Å²) in [7, 11) is 0. The molecular formula is C13H21N3. The second-order valence-electron chi connectivity index (χ2n) is 5.00. The zero-order valence-electron chi connectivity index (χ0n) is 10.2. The number of benzene rings is 1. The van der Waals surface area contributed by atoms with Crippen LogP contribution in [0.5, 0.6) is 0 Å². The molecule has 1 aliphatic rings. The van der Waals surface area contributed by atoms with Gasteiger partial charge < -0.3 is 5.73 Å². The number of nitrogens with one attached hydrogen (secondary N) is 2. The third-order valence-electron chi connectivity index (χ3n) is 3.48. The van der Waals surface area contributed by atoms with Gasteiger partial charge in [0.1, 0.15) is 0 Å². The van der Waals surface area contributed by atoms with Crippen LogP contribution in [0.2, 0.25) is 0 Å². The molecule has 3 nitrogen and oxygen atoms in total. The Balaban J connectivity index is 2.34. The van der Waals surface area contributed by atoms with Gasteiger partial charge in [0, 0.05) is 23.7 Å². The number of hydrogen-bond donors (Lipinski definition) is 3. The van der Waals surface area contributed by atoms with E-state index in [-0.39, 0.29) is 0 Å². The first kappa shape index (κ1) is 11.4. The second kappa shape index (κ2) is 4.44.